The van der Waals surface area contributed by atoms with Gasteiger partial charge in [-0.05, 0) is 50.8 Å². The highest BCUT2D eigenvalue weighted by Gasteiger charge is 2.43. The van der Waals surface area contributed by atoms with Crippen LogP contribution in [-0.2, 0) is 35.1 Å². The quantitative estimate of drug-likeness (QED) is 0.115. The van der Waals surface area contributed by atoms with Crippen molar-refractivity contribution in [3.8, 4) is 0 Å². The van der Waals surface area contributed by atoms with E-state index in [1.807, 2.05) is 58.0 Å². The van der Waals surface area contributed by atoms with E-state index in [-0.39, 0.29) is 36.0 Å². The second-order valence-electron chi connectivity index (χ2n) is 15.0. The van der Waals surface area contributed by atoms with Crippen molar-refractivity contribution in [2.24, 2.45) is 17.8 Å². The van der Waals surface area contributed by atoms with Crippen molar-refractivity contribution in [1.82, 2.24) is 25.3 Å². The van der Waals surface area contributed by atoms with Crippen LogP contribution in [0.5, 0.6) is 0 Å². The molecule has 53 heavy (non-hydrogen) atoms. The molecule has 5 N–H and O–H groups in total. The summed E-state index contributed by atoms with van der Waals surface area (Å²) in [5, 5.41) is 35.8. The van der Waals surface area contributed by atoms with Crippen LogP contribution in [0, 0.1) is 17.8 Å². The lowest BCUT2D eigenvalue weighted by molar-refractivity contribution is -0.148. The standard InChI is InChI=1S/C39H67N5O9/c1-11-25(4)35(43(8)39(51)34(24(2)3)41-38(50)30(22-45)42(6)7)32(52-9)21-33(48)44-19-15-18-29(44)36(53-10)26(5)37(49)40-28(31(47)23-46)20-27-16-13-12-14-17-27/h12-14,16-17,24-26,28-32,34-36,45-47H,11,15,18-23H2,1-10H3,(H,40,49)(H,41,50)/t25-,26+,28-,29-,30-,31-,32+,34-,35-,36+/m0/s1. The minimum Gasteiger partial charge on any atom is -0.394 e. The van der Waals surface area contributed by atoms with Gasteiger partial charge in [-0.3, -0.25) is 24.1 Å². The Balaban J connectivity index is 2.27. The van der Waals surface area contributed by atoms with Gasteiger partial charge in [0.1, 0.15) is 12.1 Å². The molecule has 1 fully saturated rings. The van der Waals surface area contributed by atoms with Crippen LogP contribution in [0.2, 0.25) is 0 Å². The molecule has 14 heteroatoms. The van der Waals surface area contributed by atoms with E-state index in [2.05, 4.69) is 10.6 Å². The molecule has 1 aliphatic rings. The molecule has 0 aromatic heterocycles. The fourth-order valence-electron chi connectivity index (χ4n) is 7.36. The monoisotopic (exact) mass is 749 g/mol. The van der Waals surface area contributed by atoms with Gasteiger partial charge >= 0.3 is 0 Å². The Hall–Kier alpha value is -3.14. The molecule has 302 valence electrons. The molecule has 14 nitrogen and oxygen atoms in total. The van der Waals surface area contributed by atoms with Crippen LogP contribution in [-0.4, -0.2) is 157 Å². The summed E-state index contributed by atoms with van der Waals surface area (Å²) in [5.41, 5.74) is 0.897. The summed E-state index contributed by atoms with van der Waals surface area (Å²) < 4.78 is 11.9. The Kier molecular flexibility index (Phi) is 19.4. The van der Waals surface area contributed by atoms with E-state index in [1.54, 1.807) is 42.8 Å². The number of ether oxygens (including phenoxy) is 2. The van der Waals surface area contributed by atoms with Gasteiger partial charge in [-0.1, -0.05) is 71.4 Å². The van der Waals surface area contributed by atoms with Gasteiger partial charge in [0.05, 0.1) is 62.0 Å². The van der Waals surface area contributed by atoms with E-state index in [0.717, 1.165) is 5.56 Å². The van der Waals surface area contributed by atoms with Crippen molar-refractivity contribution in [2.75, 3.05) is 55.1 Å². The first-order valence-corrected chi connectivity index (χ1v) is 18.9. The highest BCUT2D eigenvalue weighted by atomic mass is 16.5. The zero-order chi connectivity index (χ0) is 40.0. The molecule has 0 spiro atoms. The molecular formula is C39H67N5O9. The third-order valence-electron chi connectivity index (χ3n) is 10.9. The predicted octanol–water partition coefficient (Wildman–Crippen LogP) is 1.05. The van der Waals surface area contributed by atoms with Crippen LogP contribution in [0.3, 0.4) is 0 Å². The highest BCUT2D eigenvalue weighted by molar-refractivity contribution is 5.90. The molecule has 0 bridgehead atoms. The largest absolute Gasteiger partial charge is 0.394 e. The van der Waals surface area contributed by atoms with E-state index in [1.165, 1.54) is 14.2 Å². The van der Waals surface area contributed by atoms with Gasteiger partial charge < -0.3 is 45.2 Å². The molecule has 1 heterocycles. The summed E-state index contributed by atoms with van der Waals surface area (Å²) >= 11 is 0. The maximum Gasteiger partial charge on any atom is 0.245 e. The number of methoxy groups -OCH3 is 2. The molecule has 0 unspecified atom stereocenters. The lowest BCUT2D eigenvalue weighted by Crippen LogP contribution is -2.59. The van der Waals surface area contributed by atoms with Gasteiger partial charge in [0.2, 0.25) is 23.6 Å². The Morgan fingerprint density at radius 3 is 2.09 bits per heavy atom. The van der Waals surface area contributed by atoms with Crippen molar-refractivity contribution in [3.05, 3.63) is 35.9 Å². The molecule has 1 aromatic rings. The van der Waals surface area contributed by atoms with E-state index >= 15 is 0 Å². The lowest BCUT2D eigenvalue weighted by Gasteiger charge is -2.41. The summed E-state index contributed by atoms with van der Waals surface area (Å²) in [6.07, 6.45) is -0.168. The SMILES string of the molecule is CC[C@H](C)[C@@H]([C@@H](CC(=O)N1CCC[C@H]1[C@H](OC)[C@@H](C)C(=O)N[C@@H](Cc1ccccc1)[C@@H](O)CO)OC)N(C)C(=O)[C@@H](NC(=O)[C@H](CO)N(C)C)C(C)C. The first-order chi connectivity index (χ1) is 25.1. The smallest absolute Gasteiger partial charge is 0.245 e. The second kappa shape index (κ2) is 22.3. The number of hydrogen-bond donors (Lipinski definition) is 5. The van der Waals surface area contributed by atoms with Crippen molar-refractivity contribution in [1.29, 1.82) is 0 Å². The second-order valence-corrected chi connectivity index (χ2v) is 15.0. The summed E-state index contributed by atoms with van der Waals surface area (Å²) in [7, 11) is 8.07. The third-order valence-corrected chi connectivity index (χ3v) is 10.9. The maximum atomic E-state index is 14.2. The first-order valence-electron chi connectivity index (χ1n) is 18.9. The van der Waals surface area contributed by atoms with Crippen molar-refractivity contribution in [3.63, 3.8) is 0 Å². The summed E-state index contributed by atoms with van der Waals surface area (Å²) in [6, 6.07) is 6.06. The van der Waals surface area contributed by atoms with Gasteiger partial charge in [0, 0.05) is 27.8 Å². The fourth-order valence-corrected chi connectivity index (χ4v) is 7.36. The average Bonchev–Trinajstić information content (AvgIpc) is 3.62. The van der Waals surface area contributed by atoms with Crippen LogP contribution in [0.15, 0.2) is 30.3 Å². The number of amides is 4. The highest BCUT2D eigenvalue weighted by Crippen LogP contribution is 2.30. The molecule has 10 atom stereocenters. The third kappa shape index (κ3) is 12.4. The Morgan fingerprint density at radius 2 is 1.58 bits per heavy atom. The van der Waals surface area contributed by atoms with Crippen molar-refractivity contribution >= 4 is 23.6 Å². The number of rotatable bonds is 22. The molecule has 1 aliphatic heterocycles. The van der Waals surface area contributed by atoms with Gasteiger partial charge in [-0.2, -0.15) is 0 Å². The number of nitrogens with one attached hydrogen (secondary N) is 2. The number of carbonyl (C=O) groups is 4. The number of likely N-dealkylation sites (tertiary alicyclic amines) is 1. The molecular weight excluding hydrogens is 682 g/mol. The van der Waals surface area contributed by atoms with E-state index in [4.69, 9.17) is 9.47 Å². The molecule has 0 aliphatic carbocycles. The number of aliphatic hydroxyl groups is 3. The van der Waals surface area contributed by atoms with Crippen LogP contribution in [0.4, 0.5) is 0 Å². The predicted molar refractivity (Wildman–Crippen MR) is 203 cm³/mol. The summed E-state index contributed by atoms with van der Waals surface area (Å²) in [5.74, 6) is -2.35. The molecule has 4 amide bonds. The number of benzene rings is 1. The Labute approximate surface area is 316 Å². The van der Waals surface area contributed by atoms with E-state index < -0.39 is 73.6 Å². The number of hydrogen-bond acceptors (Lipinski definition) is 10. The Morgan fingerprint density at radius 1 is 0.943 bits per heavy atom. The first kappa shape index (κ1) is 46.0. The number of aliphatic hydroxyl groups excluding tert-OH is 3. The zero-order valence-corrected chi connectivity index (χ0v) is 33.5. The van der Waals surface area contributed by atoms with Crippen molar-refractivity contribution in [2.45, 2.75) is 115 Å². The van der Waals surface area contributed by atoms with Gasteiger partial charge in [-0.15, -0.1) is 0 Å². The minimum absolute atomic E-state index is 0.0234. The van der Waals surface area contributed by atoms with Crippen LogP contribution >= 0.6 is 0 Å². The molecule has 1 aromatic carbocycles. The lowest BCUT2D eigenvalue weighted by atomic mass is 9.89. The Bertz CT molecular complexity index is 1290. The maximum absolute atomic E-state index is 14.2. The van der Waals surface area contributed by atoms with Crippen LogP contribution in [0.25, 0.3) is 0 Å². The number of nitrogens with zero attached hydrogens (tertiary/aromatic N) is 3. The number of likely N-dealkylation sites (N-methyl/N-ethyl adjacent to an activating group) is 2. The van der Waals surface area contributed by atoms with Crippen LogP contribution < -0.4 is 10.6 Å². The van der Waals surface area contributed by atoms with Crippen molar-refractivity contribution < 1.29 is 44.0 Å². The van der Waals surface area contributed by atoms with Crippen LogP contribution in [0.1, 0.15) is 65.9 Å². The molecule has 1 saturated heterocycles. The van der Waals surface area contributed by atoms with Gasteiger partial charge in [0.25, 0.3) is 0 Å². The average molecular weight is 750 g/mol. The zero-order valence-electron chi connectivity index (χ0n) is 33.5. The number of carbonyl (C=O) groups excluding carboxylic acids is 4. The topological polar surface area (TPSA) is 181 Å². The molecule has 0 radical (unpaired) electrons. The molecule has 2 rings (SSSR count). The van der Waals surface area contributed by atoms with Gasteiger partial charge in [0.15, 0.2) is 0 Å². The molecule has 0 saturated carbocycles. The van der Waals surface area contributed by atoms with Gasteiger partial charge in [-0.25, -0.2) is 0 Å². The van der Waals surface area contributed by atoms with E-state index in [9.17, 15) is 34.5 Å². The summed E-state index contributed by atoms with van der Waals surface area (Å²) in [4.78, 5) is 59.8. The fraction of sp³-hybridized carbons (Fsp3) is 0.744. The minimum atomic E-state index is -1.17. The van der Waals surface area contributed by atoms with E-state index in [0.29, 0.717) is 32.2 Å². The normalized spacial score (nSPS) is 19.8. The summed E-state index contributed by atoms with van der Waals surface area (Å²) in [6.45, 7) is 8.98.